The second kappa shape index (κ2) is 9.02. The van der Waals surface area contributed by atoms with Crippen LogP contribution in [0.1, 0.15) is 21.5 Å². The number of fused-ring (bicyclic) bond motifs is 1. The predicted molar refractivity (Wildman–Crippen MR) is 123 cm³/mol. The van der Waals surface area contributed by atoms with Crippen LogP contribution in [0.25, 0.3) is 10.2 Å². The third-order valence-electron chi connectivity index (χ3n) is 5.52. The summed E-state index contributed by atoms with van der Waals surface area (Å²) in [6.07, 6.45) is 0. The fourth-order valence-electron chi connectivity index (χ4n) is 3.92. The van der Waals surface area contributed by atoms with Crippen LogP contribution in [-0.2, 0) is 0 Å². The van der Waals surface area contributed by atoms with Crippen molar-refractivity contribution in [1.82, 2.24) is 15.2 Å². The Bertz CT molecular complexity index is 1040. The first-order valence-corrected chi connectivity index (χ1v) is 11.1. The van der Waals surface area contributed by atoms with E-state index < -0.39 is 0 Å². The molecule has 0 aliphatic carbocycles. The summed E-state index contributed by atoms with van der Waals surface area (Å²) in [5.74, 6) is 0.510. The van der Waals surface area contributed by atoms with Gasteiger partial charge in [-0.05, 0) is 43.2 Å². The largest absolute Gasteiger partial charge is 0.496 e. The van der Waals surface area contributed by atoms with E-state index in [1.54, 1.807) is 30.6 Å². The Balaban J connectivity index is 1.28. The van der Waals surface area contributed by atoms with Crippen LogP contribution in [0.5, 0.6) is 5.75 Å². The summed E-state index contributed by atoms with van der Waals surface area (Å²) in [6.45, 7) is 9.60. The predicted octanol–water partition coefficient (Wildman–Crippen LogP) is 3.47. The fourth-order valence-corrected chi connectivity index (χ4v) is 4.99. The zero-order valence-electron chi connectivity index (χ0n) is 17.8. The lowest BCUT2D eigenvalue weighted by atomic mass is 10.1. The summed E-state index contributed by atoms with van der Waals surface area (Å²) in [7, 11) is 1.58. The van der Waals surface area contributed by atoms with E-state index in [0.717, 1.165) is 43.4 Å². The minimum Gasteiger partial charge on any atom is -0.496 e. The van der Waals surface area contributed by atoms with Crippen LogP contribution in [0.4, 0.5) is 5.13 Å². The molecule has 3 aromatic rings. The van der Waals surface area contributed by atoms with E-state index in [2.05, 4.69) is 41.1 Å². The van der Waals surface area contributed by atoms with Crippen LogP contribution in [0.15, 0.2) is 36.4 Å². The summed E-state index contributed by atoms with van der Waals surface area (Å²) < 4.78 is 6.56. The van der Waals surface area contributed by atoms with Crippen molar-refractivity contribution in [2.45, 2.75) is 13.8 Å². The van der Waals surface area contributed by atoms with Crippen molar-refractivity contribution in [3.8, 4) is 5.75 Å². The molecule has 0 bridgehead atoms. The number of benzene rings is 2. The first-order chi connectivity index (χ1) is 14.5. The molecular weight excluding hydrogens is 396 g/mol. The number of ether oxygens (including phenoxy) is 1. The molecule has 6 nitrogen and oxygen atoms in total. The van der Waals surface area contributed by atoms with Gasteiger partial charge in [-0.15, -0.1) is 0 Å². The number of thiazole rings is 1. The van der Waals surface area contributed by atoms with Gasteiger partial charge in [-0.1, -0.05) is 29.5 Å². The number of aryl methyl sites for hydroxylation is 2. The molecule has 0 atom stereocenters. The molecule has 4 rings (SSSR count). The number of anilines is 1. The lowest BCUT2D eigenvalue weighted by Crippen LogP contribution is -2.48. The number of amides is 1. The highest BCUT2D eigenvalue weighted by Gasteiger charge is 2.20. The zero-order chi connectivity index (χ0) is 21.1. The summed E-state index contributed by atoms with van der Waals surface area (Å²) in [6, 6.07) is 11.7. The maximum atomic E-state index is 12.4. The smallest absolute Gasteiger partial charge is 0.255 e. The summed E-state index contributed by atoms with van der Waals surface area (Å²) in [5, 5.41) is 4.12. The van der Waals surface area contributed by atoms with Crippen molar-refractivity contribution in [3.63, 3.8) is 0 Å². The third-order valence-corrected chi connectivity index (χ3v) is 6.78. The van der Waals surface area contributed by atoms with Gasteiger partial charge in [0.25, 0.3) is 5.91 Å². The van der Waals surface area contributed by atoms with Crippen molar-refractivity contribution in [2.75, 3.05) is 51.3 Å². The van der Waals surface area contributed by atoms with E-state index >= 15 is 0 Å². The molecule has 30 heavy (non-hydrogen) atoms. The van der Waals surface area contributed by atoms with Crippen molar-refractivity contribution >= 4 is 32.6 Å². The van der Waals surface area contributed by atoms with Gasteiger partial charge in [0.2, 0.25) is 0 Å². The first-order valence-electron chi connectivity index (χ1n) is 10.3. The average molecular weight is 425 g/mol. The number of hydrogen-bond acceptors (Lipinski definition) is 6. The first kappa shape index (κ1) is 20.6. The maximum Gasteiger partial charge on any atom is 0.255 e. The molecule has 7 heteroatoms. The summed E-state index contributed by atoms with van der Waals surface area (Å²) in [5.41, 5.74) is 4.25. The highest BCUT2D eigenvalue weighted by Crippen LogP contribution is 2.32. The molecule has 158 valence electrons. The molecule has 0 radical (unpaired) electrons. The molecule has 1 aliphatic heterocycles. The van der Waals surface area contributed by atoms with Crippen LogP contribution in [0.3, 0.4) is 0 Å². The molecule has 1 saturated heterocycles. The molecule has 2 aromatic carbocycles. The molecule has 0 unspecified atom stereocenters. The van der Waals surface area contributed by atoms with E-state index in [4.69, 9.17) is 9.72 Å². The number of nitrogens with one attached hydrogen (secondary N) is 1. The minimum absolute atomic E-state index is 0.0915. The van der Waals surface area contributed by atoms with Gasteiger partial charge in [0.05, 0.1) is 22.9 Å². The van der Waals surface area contributed by atoms with Gasteiger partial charge in [0, 0.05) is 39.3 Å². The second-order valence-electron chi connectivity index (χ2n) is 7.71. The van der Waals surface area contributed by atoms with Crippen molar-refractivity contribution in [1.29, 1.82) is 0 Å². The van der Waals surface area contributed by atoms with Crippen molar-refractivity contribution in [2.24, 2.45) is 0 Å². The van der Waals surface area contributed by atoms with Gasteiger partial charge in [0.15, 0.2) is 5.13 Å². The lowest BCUT2D eigenvalue weighted by molar-refractivity contribution is 0.0944. The summed E-state index contributed by atoms with van der Waals surface area (Å²) >= 11 is 1.79. The molecule has 1 aliphatic rings. The normalized spacial score (nSPS) is 14.8. The Morgan fingerprint density at radius 3 is 2.70 bits per heavy atom. The van der Waals surface area contributed by atoms with Gasteiger partial charge in [-0.25, -0.2) is 4.98 Å². The molecule has 1 fully saturated rings. The van der Waals surface area contributed by atoms with Crippen molar-refractivity contribution in [3.05, 3.63) is 53.1 Å². The Morgan fingerprint density at radius 1 is 1.17 bits per heavy atom. The van der Waals surface area contributed by atoms with E-state index in [-0.39, 0.29) is 5.91 Å². The number of carbonyl (C=O) groups excluding carboxylic acids is 1. The molecule has 1 aromatic heterocycles. The Hall–Kier alpha value is -2.64. The van der Waals surface area contributed by atoms with E-state index in [1.165, 1.54) is 15.8 Å². The molecular formula is C23H28N4O2S. The molecule has 2 heterocycles. The van der Waals surface area contributed by atoms with Crippen LogP contribution < -0.4 is 15.0 Å². The Labute approximate surface area is 181 Å². The highest BCUT2D eigenvalue weighted by atomic mass is 32.1. The number of piperazine rings is 1. The number of aromatic nitrogens is 1. The van der Waals surface area contributed by atoms with Gasteiger partial charge >= 0.3 is 0 Å². The van der Waals surface area contributed by atoms with E-state index in [9.17, 15) is 4.79 Å². The van der Waals surface area contributed by atoms with Gasteiger partial charge in [0.1, 0.15) is 5.75 Å². The number of carbonyl (C=O) groups is 1. The Kier molecular flexibility index (Phi) is 6.20. The monoisotopic (exact) mass is 424 g/mol. The van der Waals surface area contributed by atoms with Crippen LogP contribution in [-0.4, -0.2) is 62.2 Å². The zero-order valence-corrected chi connectivity index (χ0v) is 18.6. The van der Waals surface area contributed by atoms with E-state index in [1.807, 2.05) is 12.1 Å². The van der Waals surface area contributed by atoms with Crippen molar-refractivity contribution < 1.29 is 9.53 Å². The highest BCUT2D eigenvalue weighted by molar-refractivity contribution is 7.22. The standard InChI is InChI=1S/C23H28N4O2S/c1-16-14-17(2)21-19(15-16)25-23(30-21)27-12-10-26(11-13-27)9-8-24-22(28)18-6-4-5-7-20(18)29-3/h4-7,14-15H,8-13H2,1-3H3,(H,24,28). The SMILES string of the molecule is COc1ccccc1C(=O)NCCN1CCN(c2nc3cc(C)cc(C)c3s2)CC1. The number of rotatable bonds is 6. The number of methoxy groups -OCH3 is 1. The van der Waals surface area contributed by atoms with Gasteiger partial charge < -0.3 is 15.0 Å². The number of para-hydroxylation sites is 1. The maximum absolute atomic E-state index is 12.4. The molecule has 0 saturated carbocycles. The second-order valence-corrected chi connectivity index (χ2v) is 8.69. The van der Waals surface area contributed by atoms with Crippen LogP contribution >= 0.6 is 11.3 Å². The Morgan fingerprint density at radius 2 is 1.93 bits per heavy atom. The topological polar surface area (TPSA) is 57.7 Å². The van der Waals surface area contributed by atoms with Crippen LogP contribution in [0, 0.1) is 13.8 Å². The molecule has 0 spiro atoms. The summed E-state index contributed by atoms with van der Waals surface area (Å²) in [4.78, 5) is 22.1. The number of hydrogen-bond donors (Lipinski definition) is 1. The molecule has 1 amide bonds. The third kappa shape index (κ3) is 4.42. The number of nitrogens with zero attached hydrogens (tertiary/aromatic N) is 3. The van der Waals surface area contributed by atoms with Crippen LogP contribution in [0.2, 0.25) is 0 Å². The lowest BCUT2D eigenvalue weighted by Gasteiger charge is -2.34. The molecule has 1 N–H and O–H groups in total. The quantitative estimate of drug-likeness (QED) is 0.657. The van der Waals surface area contributed by atoms with Gasteiger partial charge in [-0.3, -0.25) is 9.69 Å². The average Bonchev–Trinajstić information content (AvgIpc) is 3.18. The minimum atomic E-state index is -0.0915. The fraction of sp³-hybridized carbons (Fsp3) is 0.391. The van der Waals surface area contributed by atoms with Gasteiger partial charge in [-0.2, -0.15) is 0 Å². The van der Waals surface area contributed by atoms with E-state index in [0.29, 0.717) is 17.9 Å².